The minimum absolute atomic E-state index is 0.190. The fraction of sp³-hybridized carbons (Fsp3) is 0.364. The minimum Gasteiger partial charge on any atom is -0.495 e. The Labute approximate surface area is 94.2 Å². The van der Waals surface area contributed by atoms with Gasteiger partial charge in [0.25, 0.3) is 5.91 Å². The summed E-state index contributed by atoms with van der Waals surface area (Å²) in [4.78, 5) is 11.7. The third-order valence-corrected chi connectivity index (χ3v) is 2.09. The molecular weight excluding hydrogens is 208 g/mol. The molecule has 1 unspecified atom stereocenters. The van der Waals surface area contributed by atoms with Crippen molar-refractivity contribution >= 4 is 11.6 Å². The van der Waals surface area contributed by atoms with Crippen molar-refractivity contribution in [2.45, 2.75) is 13.0 Å². The summed E-state index contributed by atoms with van der Waals surface area (Å²) in [5.74, 6) is 0.141. The number of methoxy groups -OCH3 is 1. The highest BCUT2D eigenvalue weighted by Gasteiger charge is 2.12. The summed E-state index contributed by atoms with van der Waals surface area (Å²) in [5, 5.41) is 11.6. The number of aliphatic hydroxyl groups excluding tert-OH is 1. The van der Waals surface area contributed by atoms with Crippen LogP contribution in [0.15, 0.2) is 18.2 Å². The number of rotatable bonds is 4. The predicted molar refractivity (Wildman–Crippen MR) is 61.4 cm³/mol. The Hall–Kier alpha value is -1.75. The molecule has 16 heavy (non-hydrogen) atoms. The van der Waals surface area contributed by atoms with Crippen molar-refractivity contribution in [1.29, 1.82) is 0 Å². The normalized spacial score (nSPS) is 11.9. The fourth-order valence-electron chi connectivity index (χ4n) is 1.26. The van der Waals surface area contributed by atoms with E-state index in [1.54, 1.807) is 25.1 Å². The molecule has 0 heterocycles. The lowest BCUT2D eigenvalue weighted by Crippen LogP contribution is -2.31. The topological polar surface area (TPSA) is 84.6 Å². The van der Waals surface area contributed by atoms with Crippen LogP contribution >= 0.6 is 0 Å². The summed E-state index contributed by atoms with van der Waals surface area (Å²) >= 11 is 0. The first kappa shape index (κ1) is 12.3. The van der Waals surface area contributed by atoms with Crippen molar-refractivity contribution in [3.05, 3.63) is 23.8 Å². The minimum atomic E-state index is -0.587. The molecule has 1 aromatic rings. The number of ether oxygens (including phenoxy) is 1. The monoisotopic (exact) mass is 224 g/mol. The van der Waals surface area contributed by atoms with Crippen molar-refractivity contribution in [2.75, 3.05) is 19.4 Å². The van der Waals surface area contributed by atoms with Gasteiger partial charge in [0.1, 0.15) is 5.75 Å². The number of para-hydroxylation sites is 1. The summed E-state index contributed by atoms with van der Waals surface area (Å²) in [6.45, 7) is 1.78. The van der Waals surface area contributed by atoms with Crippen molar-refractivity contribution in [3.8, 4) is 5.75 Å². The number of carbonyl (C=O) groups excluding carboxylic acids is 1. The van der Waals surface area contributed by atoms with E-state index < -0.39 is 6.10 Å². The van der Waals surface area contributed by atoms with Gasteiger partial charge in [-0.3, -0.25) is 4.79 Å². The quantitative estimate of drug-likeness (QED) is 0.646. The van der Waals surface area contributed by atoms with Crippen LogP contribution in [0.25, 0.3) is 0 Å². The van der Waals surface area contributed by atoms with E-state index in [2.05, 4.69) is 5.32 Å². The van der Waals surface area contributed by atoms with Gasteiger partial charge in [-0.05, 0) is 19.1 Å². The first-order valence-corrected chi connectivity index (χ1v) is 4.95. The van der Waals surface area contributed by atoms with Gasteiger partial charge in [0.05, 0.1) is 24.5 Å². The molecule has 1 aromatic carbocycles. The third kappa shape index (κ3) is 2.87. The highest BCUT2D eigenvalue weighted by molar-refractivity contribution is 6.00. The Morgan fingerprint density at radius 1 is 1.62 bits per heavy atom. The van der Waals surface area contributed by atoms with Crippen molar-refractivity contribution in [3.63, 3.8) is 0 Å². The highest BCUT2D eigenvalue weighted by atomic mass is 16.5. The summed E-state index contributed by atoms with van der Waals surface area (Å²) in [7, 11) is 1.49. The first-order valence-electron chi connectivity index (χ1n) is 4.95. The number of hydrogen-bond donors (Lipinski definition) is 3. The maximum Gasteiger partial charge on any atom is 0.253 e. The van der Waals surface area contributed by atoms with Gasteiger partial charge in [-0.15, -0.1) is 0 Å². The largest absolute Gasteiger partial charge is 0.495 e. The summed E-state index contributed by atoms with van der Waals surface area (Å²) in [6.07, 6.45) is -0.587. The highest BCUT2D eigenvalue weighted by Crippen LogP contribution is 2.24. The van der Waals surface area contributed by atoms with Gasteiger partial charge in [-0.2, -0.15) is 0 Å². The van der Waals surface area contributed by atoms with E-state index in [-0.39, 0.29) is 12.5 Å². The van der Waals surface area contributed by atoms with Crippen molar-refractivity contribution in [1.82, 2.24) is 5.32 Å². The number of nitrogens with one attached hydrogen (secondary N) is 1. The number of aliphatic hydroxyl groups is 1. The zero-order valence-corrected chi connectivity index (χ0v) is 9.36. The Morgan fingerprint density at radius 2 is 2.31 bits per heavy atom. The molecule has 1 rings (SSSR count). The molecule has 1 amide bonds. The average Bonchev–Trinajstić information content (AvgIpc) is 2.26. The second kappa shape index (κ2) is 5.37. The lowest BCUT2D eigenvalue weighted by Gasteiger charge is -2.11. The lowest BCUT2D eigenvalue weighted by atomic mass is 10.1. The fourth-order valence-corrected chi connectivity index (χ4v) is 1.26. The molecule has 5 heteroatoms. The van der Waals surface area contributed by atoms with E-state index in [1.807, 2.05) is 0 Å². The maximum atomic E-state index is 11.7. The van der Waals surface area contributed by atoms with Gasteiger partial charge in [0.2, 0.25) is 0 Å². The molecular formula is C11H16N2O3. The Bertz CT molecular complexity index is 377. The molecule has 88 valence electrons. The van der Waals surface area contributed by atoms with Gasteiger partial charge in [-0.1, -0.05) is 6.07 Å². The summed E-state index contributed by atoms with van der Waals surface area (Å²) in [6, 6.07) is 4.97. The van der Waals surface area contributed by atoms with Crippen LogP contribution < -0.4 is 15.8 Å². The van der Waals surface area contributed by atoms with Crippen LogP contribution in [-0.4, -0.2) is 30.8 Å². The Kier molecular flexibility index (Phi) is 4.13. The van der Waals surface area contributed by atoms with Crippen molar-refractivity contribution < 1.29 is 14.6 Å². The number of nitrogen functional groups attached to an aromatic ring is 1. The molecule has 0 aliphatic heterocycles. The standard InChI is InChI=1S/C11H16N2O3/c1-7(14)6-13-11(15)8-4-3-5-9(16-2)10(8)12/h3-5,7,14H,6,12H2,1-2H3,(H,13,15). The van der Waals surface area contributed by atoms with Crippen LogP contribution in [0.3, 0.4) is 0 Å². The molecule has 0 aliphatic rings. The second-order valence-electron chi connectivity index (χ2n) is 3.48. The van der Waals surface area contributed by atoms with Crippen LogP contribution in [0, 0.1) is 0 Å². The molecule has 0 aromatic heterocycles. The summed E-state index contributed by atoms with van der Waals surface area (Å²) < 4.78 is 5.01. The molecule has 0 aliphatic carbocycles. The molecule has 0 spiro atoms. The molecule has 0 saturated carbocycles. The number of nitrogens with two attached hydrogens (primary N) is 1. The molecule has 1 atom stereocenters. The van der Waals surface area contributed by atoms with E-state index in [9.17, 15) is 4.79 Å². The number of hydrogen-bond acceptors (Lipinski definition) is 4. The van der Waals surface area contributed by atoms with Gasteiger partial charge in [0.15, 0.2) is 0 Å². The van der Waals surface area contributed by atoms with Crippen LogP contribution in [-0.2, 0) is 0 Å². The molecule has 0 fully saturated rings. The Morgan fingerprint density at radius 3 is 2.88 bits per heavy atom. The first-order chi connectivity index (χ1) is 7.56. The predicted octanol–water partition coefficient (Wildman–Crippen LogP) is 0.388. The van der Waals surface area contributed by atoms with Crippen LogP contribution in [0.5, 0.6) is 5.75 Å². The second-order valence-corrected chi connectivity index (χ2v) is 3.48. The van der Waals surface area contributed by atoms with E-state index in [0.29, 0.717) is 17.0 Å². The molecule has 0 radical (unpaired) electrons. The van der Waals surface area contributed by atoms with Gasteiger partial charge in [-0.25, -0.2) is 0 Å². The van der Waals surface area contributed by atoms with Crippen LogP contribution in [0.1, 0.15) is 17.3 Å². The number of carbonyl (C=O) groups is 1. The average molecular weight is 224 g/mol. The lowest BCUT2D eigenvalue weighted by molar-refractivity contribution is 0.0924. The third-order valence-electron chi connectivity index (χ3n) is 2.09. The molecule has 5 nitrogen and oxygen atoms in total. The SMILES string of the molecule is COc1cccc(C(=O)NCC(C)O)c1N. The van der Waals surface area contributed by atoms with Gasteiger partial charge >= 0.3 is 0 Å². The van der Waals surface area contributed by atoms with Gasteiger partial charge in [0, 0.05) is 6.54 Å². The number of anilines is 1. The zero-order valence-electron chi connectivity index (χ0n) is 9.36. The summed E-state index contributed by atoms with van der Waals surface area (Å²) in [5.41, 5.74) is 6.40. The van der Waals surface area contributed by atoms with Crippen molar-refractivity contribution in [2.24, 2.45) is 0 Å². The van der Waals surface area contributed by atoms with E-state index in [4.69, 9.17) is 15.6 Å². The molecule has 0 bridgehead atoms. The van der Waals surface area contributed by atoms with E-state index in [1.165, 1.54) is 7.11 Å². The Balaban J connectivity index is 2.83. The molecule has 4 N–H and O–H groups in total. The van der Waals surface area contributed by atoms with Crippen LogP contribution in [0.2, 0.25) is 0 Å². The van der Waals surface area contributed by atoms with E-state index in [0.717, 1.165) is 0 Å². The molecule has 0 saturated heterocycles. The smallest absolute Gasteiger partial charge is 0.253 e. The van der Waals surface area contributed by atoms with Crippen LogP contribution in [0.4, 0.5) is 5.69 Å². The number of benzene rings is 1. The van der Waals surface area contributed by atoms with E-state index >= 15 is 0 Å². The van der Waals surface area contributed by atoms with Gasteiger partial charge < -0.3 is 20.9 Å². The zero-order chi connectivity index (χ0) is 12.1. The number of amides is 1. The maximum absolute atomic E-state index is 11.7.